The van der Waals surface area contributed by atoms with E-state index < -0.39 is 47.2 Å². The van der Waals surface area contributed by atoms with Crippen LogP contribution in [0.15, 0.2) is 0 Å². The summed E-state index contributed by atoms with van der Waals surface area (Å²) in [5, 5.41) is 24.7. The Morgan fingerprint density at radius 3 is 1.41 bits per heavy atom. The summed E-state index contributed by atoms with van der Waals surface area (Å²) in [6, 6.07) is -2.02. The lowest BCUT2D eigenvalue weighted by atomic mass is 9.86. The summed E-state index contributed by atoms with van der Waals surface area (Å²) in [5.41, 5.74) is 9.97. The molecule has 180 valence electrons. The molecule has 12 nitrogen and oxygen atoms in total. The first-order valence-electron chi connectivity index (χ1n) is 11.0. The van der Waals surface area contributed by atoms with E-state index in [4.69, 9.17) is 11.5 Å². The van der Waals surface area contributed by atoms with Gasteiger partial charge in [0.2, 0.25) is 11.8 Å². The molecule has 4 aliphatic rings. The average molecular weight is 455 g/mol. The van der Waals surface area contributed by atoms with Crippen LogP contribution in [0.1, 0.15) is 39.5 Å². The molecule has 4 rings (SSSR count). The molecule has 6 atom stereocenters. The molecule has 0 aromatic carbocycles. The number of nitrogens with one attached hydrogen (secondary N) is 2. The zero-order chi connectivity index (χ0) is 23.8. The number of β-lactam (4-membered cyclic amide) rings is 2. The van der Waals surface area contributed by atoms with Gasteiger partial charge in [-0.3, -0.25) is 29.0 Å². The minimum absolute atomic E-state index is 0.203. The topological polar surface area (TPSA) is 191 Å². The van der Waals surface area contributed by atoms with Gasteiger partial charge in [-0.2, -0.15) is 0 Å². The third-order valence-corrected chi connectivity index (χ3v) is 6.79. The summed E-state index contributed by atoms with van der Waals surface area (Å²) in [7, 11) is 0. The van der Waals surface area contributed by atoms with Gasteiger partial charge in [0, 0.05) is 0 Å². The van der Waals surface area contributed by atoms with Crippen molar-refractivity contribution in [1.82, 2.24) is 20.4 Å². The van der Waals surface area contributed by atoms with E-state index in [-0.39, 0.29) is 11.8 Å². The van der Waals surface area contributed by atoms with Crippen LogP contribution in [0, 0.1) is 0 Å². The predicted molar refractivity (Wildman–Crippen MR) is 113 cm³/mol. The van der Waals surface area contributed by atoms with E-state index in [0.717, 1.165) is 48.6 Å². The quantitative estimate of drug-likeness (QED) is 0.231. The maximum Gasteiger partial charge on any atom is 0.251 e. The molecule has 0 radical (unpaired) electrons. The Bertz CT molecular complexity index is 695. The Morgan fingerprint density at radius 2 is 1.19 bits per heavy atom. The normalized spacial score (nSPS) is 32.7. The number of amides is 4. The number of rotatable bonds is 4. The second-order valence-electron chi connectivity index (χ2n) is 9.22. The van der Waals surface area contributed by atoms with Crippen molar-refractivity contribution in [2.75, 3.05) is 26.2 Å². The minimum atomic E-state index is -1.01. The van der Waals surface area contributed by atoms with Crippen LogP contribution in [0.2, 0.25) is 0 Å². The van der Waals surface area contributed by atoms with E-state index in [1.807, 2.05) is 0 Å². The van der Waals surface area contributed by atoms with Gasteiger partial charge >= 0.3 is 0 Å². The van der Waals surface area contributed by atoms with Crippen LogP contribution in [0.4, 0.5) is 0 Å². The third kappa shape index (κ3) is 4.18. The second-order valence-corrected chi connectivity index (χ2v) is 9.22. The van der Waals surface area contributed by atoms with Crippen LogP contribution < -0.4 is 22.1 Å². The summed E-state index contributed by atoms with van der Waals surface area (Å²) >= 11 is 0. The van der Waals surface area contributed by atoms with Crippen LogP contribution in [-0.4, -0.2) is 105 Å². The largest absolute Gasteiger partial charge is 0.391 e. The maximum atomic E-state index is 11.9. The molecule has 4 unspecified atom stereocenters. The average Bonchev–Trinajstić information content (AvgIpc) is 3.46. The Morgan fingerprint density at radius 1 is 0.844 bits per heavy atom. The summed E-state index contributed by atoms with van der Waals surface area (Å²) in [4.78, 5) is 49.4. The molecule has 8 N–H and O–H groups in total. The fourth-order valence-electron chi connectivity index (χ4n) is 4.53. The highest BCUT2D eigenvalue weighted by Crippen LogP contribution is 2.32. The smallest absolute Gasteiger partial charge is 0.251 e. The molecule has 2 spiro atoms. The predicted octanol–water partition coefficient (Wildman–Crippen LogP) is -3.63. The molecular formula is C20H34N6O6. The number of hydrogen-bond acceptors (Lipinski definition) is 10. The molecule has 0 aliphatic carbocycles. The Balaban J connectivity index is 0.000000181. The zero-order valence-corrected chi connectivity index (χ0v) is 18.5. The van der Waals surface area contributed by atoms with Gasteiger partial charge in [0.1, 0.15) is 23.2 Å². The summed E-state index contributed by atoms with van der Waals surface area (Å²) < 4.78 is 0. The molecule has 4 aliphatic heterocycles. The fraction of sp³-hybridized carbons (Fsp3) is 0.800. The lowest BCUT2D eigenvalue weighted by Gasteiger charge is -2.46. The summed E-state index contributed by atoms with van der Waals surface area (Å²) in [5.74, 6) is -1.38. The Kier molecular flexibility index (Phi) is 7.03. The van der Waals surface area contributed by atoms with Crippen molar-refractivity contribution >= 4 is 23.6 Å². The number of carbonyl (C=O) groups is 4. The first kappa shape index (κ1) is 24.7. The molecule has 0 bridgehead atoms. The summed E-state index contributed by atoms with van der Waals surface area (Å²) in [6.07, 6.45) is 1.59. The molecule has 0 aromatic heterocycles. The highest BCUT2D eigenvalue weighted by molar-refractivity contribution is 6.08. The molecule has 4 fully saturated rings. The van der Waals surface area contributed by atoms with E-state index in [1.54, 1.807) is 0 Å². The second kappa shape index (κ2) is 9.12. The van der Waals surface area contributed by atoms with Crippen molar-refractivity contribution in [3.05, 3.63) is 0 Å². The molecule has 32 heavy (non-hydrogen) atoms. The Hall–Kier alpha value is -1.96. The van der Waals surface area contributed by atoms with Gasteiger partial charge in [0.15, 0.2) is 0 Å². The summed E-state index contributed by atoms with van der Waals surface area (Å²) in [6.45, 7) is 5.27. The van der Waals surface area contributed by atoms with Crippen molar-refractivity contribution in [2.24, 2.45) is 11.5 Å². The number of carbonyl (C=O) groups excluding carboxylic acids is 4. The zero-order valence-electron chi connectivity index (χ0n) is 18.5. The van der Waals surface area contributed by atoms with Gasteiger partial charge in [-0.15, -0.1) is 0 Å². The number of nitrogens with two attached hydrogens (primary N) is 2. The van der Waals surface area contributed by atoms with Crippen LogP contribution in [0.3, 0.4) is 0 Å². The van der Waals surface area contributed by atoms with E-state index in [2.05, 4.69) is 10.6 Å². The van der Waals surface area contributed by atoms with Gasteiger partial charge in [-0.05, 0) is 52.6 Å². The first-order valence-corrected chi connectivity index (χ1v) is 11.0. The van der Waals surface area contributed by atoms with Gasteiger partial charge in [-0.1, -0.05) is 0 Å². The molecule has 4 heterocycles. The van der Waals surface area contributed by atoms with Crippen LogP contribution in [-0.2, 0) is 19.2 Å². The van der Waals surface area contributed by atoms with E-state index in [1.165, 1.54) is 13.8 Å². The van der Waals surface area contributed by atoms with E-state index in [0.29, 0.717) is 13.1 Å². The van der Waals surface area contributed by atoms with Crippen molar-refractivity contribution in [1.29, 1.82) is 0 Å². The number of likely N-dealkylation sites (tertiary alicyclic amines) is 2. The highest BCUT2D eigenvalue weighted by Gasteiger charge is 2.57. The van der Waals surface area contributed by atoms with Crippen molar-refractivity contribution in [3.8, 4) is 0 Å². The number of aliphatic hydroxyl groups is 2. The molecule has 0 aromatic rings. The van der Waals surface area contributed by atoms with Crippen LogP contribution >= 0.6 is 0 Å². The van der Waals surface area contributed by atoms with Gasteiger partial charge in [0.05, 0.1) is 25.3 Å². The standard InChI is InChI=1S/2C10H17N3O3/c2*1-6(14)7(11)8(15)13-5-10(9(13)16)3-2-4-12-10/h2*6-7,12,14H,2-5,11H2,1H3/t2*6?,7?,10-/m10/s1. The first-order chi connectivity index (χ1) is 15.0. The highest BCUT2D eigenvalue weighted by atomic mass is 16.3. The van der Waals surface area contributed by atoms with E-state index >= 15 is 0 Å². The fourth-order valence-corrected chi connectivity index (χ4v) is 4.53. The van der Waals surface area contributed by atoms with Gasteiger partial charge in [-0.25, -0.2) is 0 Å². The molecule has 0 saturated carbocycles. The van der Waals surface area contributed by atoms with Crippen molar-refractivity contribution in [2.45, 2.75) is 74.9 Å². The minimum Gasteiger partial charge on any atom is -0.391 e. The Labute approximate surface area is 186 Å². The van der Waals surface area contributed by atoms with Gasteiger partial charge < -0.3 is 32.3 Å². The number of hydrogen-bond donors (Lipinski definition) is 6. The van der Waals surface area contributed by atoms with Crippen LogP contribution in [0.25, 0.3) is 0 Å². The molecule has 4 amide bonds. The number of aliphatic hydroxyl groups excluding tert-OH is 2. The third-order valence-electron chi connectivity index (χ3n) is 6.79. The SMILES string of the molecule is CC(O)C(N)C(=O)N1C[C@@]2(CCCN2)C1=O.CC(O)C(N)C(=O)N1C[C@]2(CCCN2)C1=O. The maximum absolute atomic E-state index is 11.9. The van der Waals surface area contributed by atoms with E-state index in [9.17, 15) is 29.4 Å². The number of imide groups is 2. The molecule has 4 saturated heterocycles. The van der Waals surface area contributed by atoms with Gasteiger partial charge in [0.25, 0.3) is 11.8 Å². The molecule has 12 heteroatoms. The lowest BCUT2D eigenvalue weighted by molar-refractivity contribution is -0.165. The number of nitrogens with zero attached hydrogens (tertiary/aromatic N) is 2. The van der Waals surface area contributed by atoms with Crippen molar-refractivity contribution < 1.29 is 29.4 Å². The lowest BCUT2D eigenvalue weighted by Crippen LogP contribution is -2.74. The molecular weight excluding hydrogens is 420 g/mol. The monoisotopic (exact) mass is 454 g/mol. The van der Waals surface area contributed by atoms with Crippen LogP contribution in [0.5, 0.6) is 0 Å². The van der Waals surface area contributed by atoms with Crippen molar-refractivity contribution in [3.63, 3.8) is 0 Å².